The fraction of sp³-hybridized carbons (Fsp3) is 0.889. The molecule has 0 heterocycles. The predicted molar refractivity (Wildman–Crippen MR) is 46.8 cm³/mol. The topological polar surface area (TPSA) is 38.3 Å². The maximum Gasteiger partial charge on any atom is 0.309 e. The maximum absolute atomic E-state index is 11.1. The van der Waals surface area contributed by atoms with Crippen molar-refractivity contribution < 1.29 is 9.53 Å². The van der Waals surface area contributed by atoms with Gasteiger partial charge in [-0.05, 0) is 32.4 Å². The lowest BCUT2D eigenvalue weighted by atomic mass is 10.3. The molecule has 0 aliphatic heterocycles. The average Bonchev–Trinajstić information content (AvgIpc) is 2.80. The molecule has 3 heteroatoms. The molecule has 0 aromatic carbocycles. The Kier molecular flexibility index (Phi) is 3.53. The van der Waals surface area contributed by atoms with Crippen LogP contribution in [-0.2, 0) is 9.53 Å². The van der Waals surface area contributed by atoms with Crippen molar-refractivity contribution in [1.82, 2.24) is 5.32 Å². The highest BCUT2D eigenvalue weighted by molar-refractivity contribution is 5.75. The second-order valence-corrected chi connectivity index (χ2v) is 3.16. The molecular formula is C9H17NO2. The first-order chi connectivity index (χ1) is 5.79. The van der Waals surface area contributed by atoms with E-state index in [1.807, 2.05) is 6.92 Å². The molecule has 2 atom stereocenters. The molecular weight excluding hydrogens is 154 g/mol. The Morgan fingerprint density at radius 2 is 2.33 bits per heavy atom. The third kappa shape index (κ3) is 2.48. The number of rotatable bonds is 5. The van der Waals surface area contributed by atoms with Crippen molar-refractivity contribution in [2.24, 2.45) is 11.8 Å². The first-order valence-electron chi connectivity index (χ1n) is 4.66. The first-order valence-corrected chi connectivity index (χ1v) is 4.66. The third-order valence-electron chi connectivity index (χ3n) is 2.17. The van der Waals surface area contributed by atoms with E-state index in [1.54, 1.807) is 0 Å². The van der Waals surface area contributed by atoms with Gasteiger partial charge in [-0.1, -0.05) is 6.92 Å². The summed E-state index contributed by atoms with van der Waals surface area (Å²) in [6.07, 6.45) is 1.01. The molecule has 0 spiro atoms. The van der Waals surface area contributed by atoms with Gasteiger partial charge >= 0.3 is 5.97 Å². The number of nitrogens with one attached hydrogen (secondary N) is 1. The van der Waals surface area contributed by atoms with Crippen LogP contribution in [0.4, 0.5) is 0 Å². The van der Waals surface area contributed by atoms with Gasteiger partial charge < -0.3 is 10.1 Å². The van der Waals surface area contributed by atoms with Gasteiger partial charge in [-0.2, -0.15) is 0 Å². The van der Waals surface area contributed by atoms with Crippen molar-refractivity contribution in [3.8, 4) is 0 Å². The van der Waals surface area contributed by atoms with Crippen LogP contribution in [0.15, 0.2) is 0 Å². The van der Waals surface area contributed by atoms with Gasteiger partial charge in [0.2, 0.25) is 0 Å². The Balaban J connectivity index is 2.10. The highest BCUT2D eigenvalue weighted by Gasteiger charge is 2.43. The Morgan fingerprint density at radius 1 is 1.58 bits per heavy atom. The van der Waals surface area contributed by atoms with E-state index in [-0.39, 0.29) is 11.9 Å². The summed E-state index contributed by atoms with van der Waals surface area (Å²) in [7, 11) is 0. The van der Waals surface area contributed by atoms with Crippen LogP contribution >= 0.6 is 0 Å². The second kappa shape index (κ2) is 4.45. The molecule has 0 radical (unpaired) electrons. The van der Waals surface area contributed by atoms with E-state index < -0.39 is 0 Å². The molecule has 0 amide bonds. The van der Waals surface area contributed by atoms with Gasteiger partial charge in [-0.3, -0.25) is 4.79 Å². The minimum atomic E-state index is -0.0135. The maximum atomic E-state index is 11.1. The Hall–Kier alpha value is -0.570. The second-order valence-electron chi connectivity index (χ2n) is 3.16. The van der Waals surface area contributed by atoms with Crippen LogP contribution in [0.1, 0.15) is 20.3 Å². The molecule has 1 fully saturated rings. The molecule has 1 aliphatic rings. The smallest absolute Gasteiger partial charge is 0.309 e. The van der Waals surface area contributed by atoms with E-state index in [0.717, 1.165) is 19.5 Å². The molecule has 12 heavy (non-hydrogen) atoms. The summed E-state index contributed by atoms with van der Waals surface area (Å²) >= 11 is 0. The Labute approximate surface area is 73.5 Å². The summed E-state index contributed by atoms with van der Waals surface area (Å²) in [5, 5.41) is 3.23. The van der Waals surface area contributed by atoms with Crippen molar-refractivity contribution >= 4 is 5.97 Å². The standard InChI is InChI=1S/C9H17NO2/c1-3-10-6-7-5-8(7)9(11)12-4-2/h7-8,10H,3-6H2,1-2H3/t7-,8+/m1/s1. The molecule has 1 saturated carbocycles. The molecule has 0 unspecified atom stereocenters. The molecule has 70 valence electrons. The van der Waals surface area contributed by atoms with Crippen LogP contribution in [0.3, 0.4) is 0 Å². The largest absolute Gasteiger partial charge is 0.466 e. The molecule has 0 saturated heterocycles. The van der Waals surface area contributed by atoms with Crippen molar-refractivity contribution in [2.75, 3.05) is 19.7 Å². The van der Waals surface area contributed by atoms with Crippen molar-refractivity contribution in [1.29, 1.82) is 0 Å². The van der Waals surface area contributed by atoms with Crippen molar-refractivity contribution in [3.63, 3.8) is 0 Å². The van der Waals surface area contributed by atoms with Crippen molar-refractivity contribution in [3.05, 3.63) is 0 Å². The van der Waals surface area contributed by atoms with Gasteiger partial charge in [0.15, 0.2) is 0 Å². The number of carbonyl (C=O) groups excluding carboxylic acids is 1. The Bertz CT molecular complexity index is 159. The summed E-state index contributed by atoms with van der Waals surface area (Å²) < 4.78 is 4.91. The monoisotopic (exact) mass is 171 g/mol. The lowest BCUT2D eigenvalue weighted by Gasteiger charge is -2.00. The van der Waals surface area contributed by atoms with Crippen LogP contribution in [0.5, 0.6) is 0 Å². The summed E-state index contributed by atoms with van der Waals surface area (Å²) in [5.41, 5.74) is 0. The number of carbonyl (C=O) groups is 1. The molecule has 0 bridgehead atoms. The fourth-order valence-corrected chi connectivity index (χ4v) is 1.34. The normalized spacial score (nSPS) is 26.8. The average molecular weight is 171 g/mol. The van der Waals surface area contributed by atoms with Gasteiger partial charge in [0.05, 0.1) is 12.5 Å². The summed E-state index contributed by atoms with van der Waals surface area (Å²) in [6.45, 7) is 6.36. The zero-order chi connectivity index (χ0) is 8.97. The highest BCUT2D eigenvalue weighted by atomic mass is 16.5. The molecule has 3 nitrogen and oxygen atoms in total. The Morgan fingerprint density at radius 3 is 2.92 bits per heavy atom. The fourth-order valence-electron chi connectivity index (χ4n) is 1.34. The minimum Gasteiger partial charge on any atom is -0.466 e. The first kappa shape index (κ1) is 9.52. The zero-order valence-corrected chi connectivity index (χ0v) is 7.80. The van der Waals surface area contributed by atoms with Gasteiger partial charge in [0, 0.05) is 0 Å². The predicted octanol–water partition coefficient (Wildman–Crippen LogP) is 0.795. The van der Waals surface area contributed by atoms with E-state index in [0.29, 0.717) is 12.5 Å². The third-order valence-corrected chi connectivity index (χ3v) is 2.17. The molecule has 0 aromatic heterocycles. The van der Waals surface area contributed by atoms with Crippen LogP contribution in [-0.4, -0.2) is 25.7 Å². The number of hydrogen-bond donors (Lipinski definition) is 1. The van der Waals surface area contributed by atoms with Crippen LogP contribution < -0.4 is 5.32 Å². The molecule has 0 aromatic rings. The summed E-state index contributed by atoms with van der Waals surface area (Å²) in [5.74, 6) is 0.702. The molecule has 1 N–H and O–H groups in total. The van der Waals surface area contributed by atoms with E-state index in [9.17, 15) is 4.79 Å². The molecule has 1 aliphatic carbocycles. The van der Waals surface area contributed by atoms with Gasteiger partial charge in [-0.15, -0.1) is 0 Å². The number of hydrogen-bond acceptors (Lipinski definition) is 3. The number of ether oxygens (including phenoxy) is 1. The minimum absolute atomic E-state index is 0.0135. The van der Waals surface area contributed by atoms with E-state index in [2.05, 4.69) is 12.2 Å². The lowest BCUT2D eigenvalue weighted by Crippen LogP contribution is -2.18. The molecule has 1 rings (SSSR count). The zero-order valence-electron chi connectivity index (χ0n) is 7.80. The van der Waals surface area contributed by atoms with E-state index in [4.69, 9.17) is 4.74 Å². The SMILES string of the molecule is CCNC[C@H]1C[C@@H]1C(=O)OCC. The quantitative estimate of drug-likeness (QED) is 0.622. The van der Waals surface area contributed by atoms with Crippen LogP contribution in [0, 0.1) is 11.8 Å². The van der Waals surface area contributed by atoms with Crippen LogP contribution in [0.25, 0.3) is 0 Å². The van der Waals surface area contributed by atoms with Crippen molar-refractivity contribution in [2.45, 2.75) is 20.3 Å². The summed E-state index contributed by atoms with van der Waals surface area (Å²) in [6, 6.07) is 0. The lowest BCUT2D eigenvalue weighted by molar-refractivity contribution is -0.145. The van der Waals surface area contributed by atoms with E-state index >= 15 is 0 Å². The van der Waals surface area contributed by atoms with E-state index in [1.165, 1.54) is 0 Å². The van der Waals surface area contributed by atoms with Crippen LogP contribution in [0.2, 0.25) is 0 Å². The summed E-state index contributed by atoms with van der Waals surface area (Å²) in [4.78, 5) is 11.1. The highest BCUT2D eigenvalue weighted by Crippen LogP contribution is 2.38. The number of esters is 1. The van der Waals surface area contributed by atoms with Gasteiger partial charge in [0.1, 0.15) is 0 Å². The van der Waals surface area contributed by atoms with Gasteiger partial charge in [0.25, 0.3) is 0 Å². The van der Waals surface area contributed by atoms with Gasteiger partial charge in [-0.25, -0.2) is 0 Å².